The highest BCUT2D eigenvalue weighted by Crippen LogP contribution is 2.19. The van der Waals surface area contributed by atoms with Gasteiger partial charge in [0, 0.05) is 42.3 Å². The van der Waals surface area contributed by atoms with Crippen molar-refractivity contribution in [1.29, 1.82) is 0 Å². The Bertz CT molecular complexity index is 951. The third-order valence-corrected chi connectivity index (χ3v) is 4.30. The summed E-state index contributed by atoms with van der Waals surface area (Å²) in [4.78, 5) is 40.4. The first kappa shape index (κ1) is 16.9. The maximum Gasteiger partial charge on any atom is 0.348 e. The van der Waals surface area contributed by atoms with Crippen molar-refractivity contribution in [3.8, 4) is 10.8 Å². The van der Waals surface area contributed by atoms with Gasteiger partial charge >= 0.3 is 5.69 Å². The number of nitrogens with one attached hydrogen (secondary N) is 1. The van der Waals surface area contributed by atoms with E-state index in [1.54, 1.807) is 30.8 Å². The standard InChI is InChI=1S/C16H16N6O2S/c1-10-8-11(2)22(16(24)20-10)7-6-19-14(23)12-9-25-15(21-12)13-17-4-3-5-18-13/h3-5,8-9H,6-7H2,1-2H3,(H,19,23). The minimum atomic E-state index is -0.316. The zero-order chi connectivity index (χ0) is 17.8. The van der Waals surface area contributed by atoms with Crippen LogP contribution < -0.4 is 11.0 Å². The molecule has 0 saturated carbocycles. The number of thiazole rings is 1. The Labute approximate surface area is 147 Å². The first-order chi connectivity index (χ1) is 12.0. The number of hydrogen-bond acceptors (Lipinski definition) is 7. The fraction of sp³-hybridized carbons (Fsp3) is 0.250. The molecule has 25 heavy (non-hydrogen) atoms. The van der Waals surface area contributed by atoms with Gasteiger partial charge < -0.3 is 5.32 Å². The van der Waals surface area contributed by atoms with Crippen LogP contribution in [0.3, 0.4) is 0 Å². The van der Waals surface area contributed by atoms with Gasteiger partial charge in [-0.2, -0.15) is 4.98 Å². The van der Waals surface area contributed by atoms with Crippen molar-refractivity contribution in [2.75, 3.05) is 6.54 Å². The van der Waals surface area contributed by atoms with Crippen molar-refractivity contribution in [1.82, 2.24) is 29.8 Å². The molecule has 1 N–H and O–H groups in total. The third-order valence-electron chi connectivity index (χ3n) is 3.46. The van der Waals surface area contributed by atoms with Crippen LogP contribution in [0.4, 0.5) is 0 Å². The largest absolute Gasteiger partial charge is 0.349 e. The third kappa shape index (κ3) is 3.94. The smallest absolute Gasteiger partial charge is 0.348 e. The van der Waals surface area contributed by atoms with E-state index in [4.69, 9.17) is 0 Å². The quantitative estimate of drug-likeness (QED) is 0.737. The topological polar surface area (TPSA) is 103 Å². The van der Waals surface area contributed by atoms with Crippen LogP contribution >= 0.6 is 11.3 Å². The van der Waals surface area contributed by atoms with E-state index in [-0.39, 0.29) is 11.6 Å². The molecular weight excluding hydrogens is 340 g/mol. The van der Waals surface area contributed by atoms with Crippen molar-refractivity contribution in [3.63, 3.8) is 0 Å². The summed E-state index contributed by atoms with van der Waals surface area (Å²) < 4.78 is 1.53. The Hall–Kier alpha value is -2.94. The average molecular weight is 356 g/mol. The molecule has 3 aromatic heterocycles. The lowest BCUT2D eigenvalue weighted by molar-refractivity contribution is 0.0948. The van der Waals surface area contributed by atoms with E-state index in [1.165, 1.54) is 15.9 Å². The van der Waals surface area contributed by atoms with Gasteiger partial charge in [-0.25, -0.2) is 19.7 Å². The monoisotopic (exact) mass is 356 g/mol. The number of amides is 1. The number of rotatable bonds is 5. The van der Waals surface area contributed by atoms with E-state index in [0.29, 0.717) is 35.3 Å². The van der Waals surface area contributed by atoms with Crippen LogP contribution in [0.15, 0.2) is 34.7 Å². The summed E-state index contributed by atoms with van der Waals surface area (Å²) in [7, 11) is 0. The number of aryl methyl sites for hydroxylation is 2. The Morgan fingerprint density at radius 1 is 1.24 bits per heavy atom. The van der Waals surface area contributed by atoms with Crippen LogP contribution in [0.25, 0.3) is 10.8 Å². The summed E-state index contributed by atoms with van der Waals surface area (Å²) in [5.74, 6) is 0.184. The van der Waals surface area contributed by atoms with E-state index >= 15 is 0 Å². The molecule has 0 aromatic carbocycles. The second kappa shape index (κ2) is 7.31. The lowest BCUT2D eigenvalue weighted by atomic mass is 10.3. The summed E-state index contributed by atoms with van der Waals surface area (Å²) in [6, 6.07) is 3.55. The summed E-state index contributed by atoms with van der Waals surface area (Å²) in [5.41, 5.74) is 1.48. The fourth-order valence-electron chi connectivity index (χ4n) is 2.31. The van der Waals surface area contributed by atoms with Gasteiger partial charge in [-0.05, 0) is 26.0 Å². The van der Waals surface area contributed by atoms with Crippen LogP contribution in [0.2, 0.25) is 0 Å². The van der Waals surface area contributed by atoms with Gasteiger partial charge in [0.05, 0.1) is 0 Å². The average Bonchev–Trinajstić information content (AvgIpc) is 3.08. The Kier molecular flexibility index (Phi) is 4.94. The van der Waals surface area contributed by atoms with E-state index in [0.717, 1.165) is 5.69 Å². The Morgan fingerprint density at radius 3 is 2.72 bits per heavy atom. The number of carbonyl (C=O) groups excluding carboxylic acids is 1. The maximum atomic E-state index is 12.2. The molecule has 0 spiro atoms. The summed E-state index contributed by atoms with van der Waals surface area (Å²) in [6.45, 7) is 4.27. The SMILES string of the molecule is Cc1cc(C)n(CCNC(=O)c2csc(-c3ncccn3)n2)c(=O)n1. The summed E-state index contributed by atoms with van der Waals surface area (Å²) in [5, 5.41) is 5.00. The molecule has 0 atom stereocenters. The molecule has 0 unspecified atom stereocenters. The first-order valence-corrected chi connectivity index (χ1v) is 8.49. The number of nitrogens with zero attached hydrogens (tertiary/aromatic N) is 5. The lowest BCUT2D eigenvalue weighted by Gasteiger charge is -2.10. The molecule has 0 bridgehead atoms. The molecule has 1 amide bonds. The highest BCUT2D eigenvalue weighted by molar-refractivity contribution is 7.13. The molecule has 0 aliphatic heterocycles. The van der Waals surface area contributed by atoms with Crippen molar-refractivity contribution in [3.05, 3.63) is 57.5 Å². The zero-order valence-corrected chi connectivity index (χ0v) is 14.6. The number of aromatic nitrogens is 5. The van der Waals surface area contributed by atoms with Crippen LogP contribution in [0.5, 0.6) is 0 Å². The van der Waals surface area contributed by atoms with Crippen LogP contribution in [0.1, 0.15) is 21.9 Å². The highest BCUT2D eigenvalue weighted by atomic mass is 32.1. The summed E-state index contributed by atoms with van der Waals surface area (Å²) in [6.07, 6.45) is 3.25. The lowest BCUT2D eigenvalue weighted by Crippen LogP contribution is -2.33. The van der Waals surface area contributed by atoms with Gasteiger partial charge in [-0.3, -0.25) is 9.36 Å². The van der Waals surface area contributed by atoms with Crippen LogP contribution in [0, 0.1) is 13.8 Å². The molecule has 128 valence electrons. The molecule has 9 heteroatoms. The molecule has 0 aliphatic carbocycles. The molecule has 0 saturated heterocycles. The minimum Gasteiger partial charge on any atom is -0.349 e. The molecule has 3 rings (SSSR count). The van der Waals surface area contributed by atoms with E-state index < -0.39 is 0 Å². The Morgan fingerprint density at radius 2 is 2.00 bits per heavy atom. The second-order valence-corrected chi connectivity index (χ2v) is 6.20. The highest BCUT2D eigenvalue weighted by Gasteiger charge is 2.13. The fourth-order valence-corrected chi connectivity index (χ4v) is 3.05. The van der Waals surface area contributed by atoms with Crippen molar-refractivity contribution in [2.24, 2.45) is 0 Å². The van der Waals surface area contributed by atoms with Crippen molar-refractivity contribution >= 4 is 17.2 Å². The molecule has 8 nitrogen and oxygen atoms in total. The van der Waals surface area contributed by atoms with Gasteiger partial charge in [0.2, 0.25) is 0 Å². The predicted molar refractivity (Wildman–Crippen MR) is 93.4 cm³/mol. The van der Waals surface area contributed by atoms with Crippen LogP contribution in [-0.2, 0) is 6.54 Å². The van der Waals surface area contributed by atoms with Crippen molar-refractivity contribution in [2.45, 2.75) is 20.4 Å². The van der Waals surface area contributed by atoms with Gasteiger partial charge in [-0.15, -0.1) is 11.3 Å². The second-order valence-electron chi connectivity index (χ2n) is 5.34. The van der Waals surface area contributed by atoms with E-state index in [9.17, 15) is 9.59 Å². The molecular formula is C16H16N6O2S. The number of carbonyl (C=O) groups is 1. The van der Waals surface area contributed by atoms with Gasteiger partial charge in [-0.1, -0.05) is 0 Å². The predicted octanol–water partition coefficient (Wildman–Crippen LogP) is 1.20. The minimum absolute atomic E-state index is 0.302. The van der Waals surface area contributed by atoms with Gasteiger partial charge in [0.25, 0.3) is 5.91 Å². The zero-order valence-electron chi connectivity index (χ0n) is 13.8. The van der Waals surface area contributed by atoms with Gasteiger partial charge in [0.1, 0.15) is 5.69 Å². The van der Waals surface area contributed by atoms with E-state index in [1.807, 2.05) is 13.0 Å². The van der Waals surface area contributed by atoms with Crippen molar-refractivity contribution < 1.29 is 4.79 Å². The molecule has 0 radical (unpaired) electrons. The maximum absolute atomic E-state index is 12.2. The molecule has 3 heterocycles. The summed E-state index contributed by atoms with van der Waals surface area (Å²) >= 11 is 1.31. The van der Waals surface area contributed by atoms with Crippen LogP contribution in [-0.4, -0.2) is 37.0 Å². The molecule has 3 aromatic rings. The molecule has 0 fully saturated rings. The van der Waals surface area contributed by atoms with Gasteiger partial charge in [0.15, 0.2) is 10.8 Å². The normalized spacial score (nSPS) is 10.6. The first-order valence-electron chi connectivity index (χ1n) is 7.61. The van der Waals surface area contributed by atoms with E-state index in [2.05, 4.69) is 25.3 Å². The molecule has 0 aliphatic rings. The number of hydrogen-bond donors (Lipinski definition) is 1. The Balaban J connectivity index is 1.62.